The Kier molecular flexibility index (Phi) is 1.34. The van der Waals surface area contributed by atoms with Crippen molar-refractivity contribution in [2.75, 3.05) is 0 Å². The first kappa shape index (κ1) is 4.84. The molecule has 1 nitrogen and oxygen atoms in total. The van der Waals surface area contributed by atoms with Crippen LogP contribution >= 0.6 is 22.6 Å². The predicted molar refractivity (Wildman–Crippen MR) is 33.0 cm³/mol. The lowest BCUT2D eigenvalue weighted by molar-refractivity contribution is 0.110. The fraction of sp³-hybridized carbons (Fsp3) is 1.00. The average Bonchev–Trinajstić information content (AvgIpc) is 1.61. The van der Waals surface area contributed by atoms with E-state index in [4.69, 9.17) is 5.11 Å². The molecule has 0 aliphatic heterocycles. The Morgan fingerprint density at radius 1 is 1.50 bits per heavy atom. The zero-order valence-electron chi connectivity index (χ0n) is 3.39. The van der Waals surface area contributed by atoms with E-state index < -0.39 is 0 Å². The second kappa shape index (κ2) is 1.66. The second-order valence-electron chi connectivity index (χ2n) is 1.66. The summed E-state index contributed by atoms with van der Waals surface area (Å²) in [6.07, 6.45) is 2.25. The normalized spacial score (nSPS) is 45.0. The van der Waals surface area contributed by atoms with Crippen molar-refractivity contribution in [3.8, 4) is 0 Å². The highest BCUT2D eigenvalue weighted by atomic mass is 127. The summed E-state index contributed by atoms with van der Waals surface area (Å²) in [6.45, 7) is 0. The first-order valence-corrected chi connectivity index (χ1v) is 3.37. The molecule has 1 N–H and O–H groups in total. The number of alkyl halides is 1. The lowest BCUT2D eigenvalue weighted by Crippen LogP contribution is -2.30. The SMILES string of the molecule is OC1CCC1I. The smallest absolute Gasteiger partial charge is 0.0658 e. The number of rotatable bonds is 0. The molecule has 1 fully saturated rings. The second-order valence-corrected chi connectivity index (χ2v) is 3.26. The number of halogens is 1. The Morgan fingerprint density at radius 2 is 2.00 bits per heavy atom. The van der Waals surface area contributed by atoms with Gasteiger partial charge >= 0.3 is 0 Å². The van der Waals surface area contributed by atoms with Gasteiger partial charge in [0, 0.05) is 3.92 Å². The molecule has 1 aliphatic rings. The standard InChI is InChI=1S/C4H7IO/c5-3-1-2-4(3)6/h3-4,6H,1-2H2. The molecule has 6 heavy (non-hydrogen) atoms. The van der Waals surface area contributed by atoms with Crippen molar-refractivity contribution >= 4 is 22.6 Å². The van der Waals surface area contributed by atoms with Crippen molar-refractivity contribution < 1.29 is 5.11 Å². The van der Waals surface area contributed by atoms with E-state index in [2.05, 4.69) is 22.6 Å². The van der Waals surface area contributed by atoms with Crippen LogP contribution in [0.15, 0.2) is 0 Å². The topological polar surface area (TPSA) is 20.2 Å². The fourth-order valence-electron chi connectivity index (χ4n) is 0.442. The molecule has 0 aromatic heterocycles. The molecule has 0 aromatic carbocycles. The van der Waals surface area contributed by atoms with Crippen LogP contribution in [0, 0.1) is 0 Å². The summed E-state index contributed by atoms with van der Waals surface area (Å²) in [5.41, 5.74) is 0. The van der Waals surface area contributed by atoms with Crippen LogP contribution in [-0.4, -0.2) is 15.1 Å². The molecule has 1 saturated carbocycles. The van der Waals surface area contributed by atoms with Crippen LogP contribution in [0.1, 0.15) is 12.8 Å². The van der Waals surface area contributed by atoms with E-state index in [0.29, 0.717) is 3.92 Å². The van der Waals surface area contributed by atoms with E-state index in [1.54, 1.807) is 0 Å². The summed E-state index contributed by atoms with van der Waals surface area (Å²) in [4.78, 5) is 0. The van der Waals surface area contributed by atoms with Crippen molar-refractivity contribution in [3.05, 3.63) is 0 Å². The van der Waals surface area contributed by atoms with Crippen molar-refractivity contribution in [2.24, 2.45) is 0 Å². The van der Waals surface area contributed by atoms with E-state index in [9.17, 15) is 0 Å². The molecule has 2 atom stereocenters. The largest absolute Gasteiger partial charge is 0.392 e. The minimum atomic E-state index is 0.0191. The minimum Gasteiger partial charge on any atom is -0.392 e. The van der Waals surface area contributed by atoms with Gasteiger partial charge in [-0.15, -0.1) is 0 Å². The highest BCUT2D eigenvalue weighted by Gasteiger charge is 2.24. The van der Waals surface area contributed by atoms with Crippen LogP contribution < -0.4 is 0 Å². The molecule has 1 rings (SSSR count). The van der Waals surface area contributed by atoms with Crippen LogP contribution in [0.3, 0.4) is 0 Å². The lowest BCUT2D eigenvalue weighted by Gasteiger charge is -2.26. The van der Waals surface area contributed by atoms with E-state index in [-0.39, 0.29) is 6.10 Å². The zero-order chi connectivity index (χ0) is 4.57. The van der Waals surface area contributed by atoms with Gasteiger partial charge in [-0.1, -0.05) is 22.6 Å². The maximum atomic E-state index is 8.71. The number of hydrogen-bond acceptors (Lipinski definition) is 1. The molecular weight excluding hydrogens is 191 g/mol. The summed E-state index contributed by atoms with van der Waals surface area (Å²) in [7, 11) is 0. The lowest BCUT2D eigenvalue weighted by atomic mass is 9.97. The van der Waals surface area contributed by atoms with Crippen LogP contribution in [0.2, 0.25) is 0 Å². The van der Waals surface area contributed by atoms with Crippen molar-refractivity contribution in [3.63, 3.8) is 0 Å². The van der Waals surface area contributed by atoms with Crippen molar-refractivity contribution in [1.82, 2.24) is 0 Å². The summed E-state index contributed by atoms with van der Waals surface area (Å²) < 4.78 is 0.558. The minimum absolute atomic E-state index is 0.0191. The maximum absolute atomic E-state index is 8.71. The molecule has 36 valence electrons. The summed E-state index contributed by atoms with van der Waals surface area (Å²) in [5.74, 6) is 0. The van der Waals surface area contributed by atoms with Crippen molar-refractivity contribution in [2.45, 2.75) is 22.9 Å². The average molecular weight is 198 g/mol. The number of hydrogen-bond donors (Lipinski definition) is 1. The van der Waals surface area contributed by atoms with Gasteiger partial charge < -0.3 is 5.11 Å². The Bertz CT molecular complexity index is 47.5. The summed E-state index contributed by atoms with van der Waals surface area (Å²) in [5, 5.41) is 8.71. The van der Waals surface area contributed by atoms with Gasteiger partial charge in [-0.05, 0) is 12.8 Å². The first-order valence-electron chi connectivity index (χ1n) is 2.13. The van der Waals surface area contributed by atoms with Gasteiger partial charge in [-0.25, -0.2) is 0 Å². The molecule has 0 spiro atoms. The van der Waals surface area contributed by atoms with Gasteiger partial charge in [-0.2, -0.15) is 0 Å². The maximum Gasteiger partial charge on any atom is 0.0658 e. The zero-order valence-corrected chi connectivity index (χ0v) is 5.55. The molecule has 2 unspecified atom stereocenters. The van der Waals surface area contributed by atoms with E-state index in [1.807, 2.05) is 0 Å². The van der Waals surface area contributed by atoms with Crippen LogP contribution in [-0.2, 0) is 0 Å². The molecular formula is C4H7IO. The fourth-order valence-corrected chi connectivity index (χ4v) is 1.16. The van der Waals surface area contributed by atoms with Crippen LogP contribution in [0.5, 0.6) is 0 Å². The molecule has 0 saturated heterocycles. The molecule has 0 aromatic rings. The third-order valence-corrected chi connectivity index (χ3v) is 2.61. The van der Waals surface area contributed by atoms with E-state index >= 15 is 0 Å². The molecule has 2 heteroatoms. The Hall–Kier alpha value is 0.690. The van der Waals surface area contributed by atoms with Gasteiger partial charge in [0.05, 0.1) is 6.10 Å². The molecule has 0 heterocycles. The van der Waals surface area contributed by atoms with Crippen molar-refractivity contribution in [1.29, 1.82) is 0 Å². The van der Waals surface area contributed by atoms with Gasteiger partial charge in [0.25, 0.3) is 0 Å². The summed E-state index contributed by atoms with van der Waals surface area (Å²) in [6, 6.07) is 0. The predicted octanol–water partition coefficient (Wildman–Crippen LogP) is 0.945. The molecule has 0 bridgehead atoms. The monoisotopic (exact) mass is 198 g/mol. The molecule has 0 radical (unpaired) electrons. The first-order chi connectivity index (χ1) is 2.80. The Balaban J connectivity index is 2.20. The molecule has 1 aliphatic carbocycles. The Labute approximate surface area is 50.9 Å². The van der Waals surface area contributed by atoms with Crippen LogP contribution in [0.4, 0.5) is 0 Å². The van der Waals surface area contributed by atoms with Gasteiger partial charge in [0.2, 0.25) is 0 Å². The van der Waals surface area contributed by atoms with Gasteiger partial charge in [0.15, 0.2) is 0 Å². The number of aliphatic hydroxyl groups is 1. The summed E-state index contributed by atoms with van der Waals surface area (Å²) >= 11 is 2.27. The number of aliphatic hydroxyl groups excluding tert-OH is 1. The quantitative estimate of drug-likeness (QED) is 0.453. The molecule has 0 amide bonds. The third kappa shape index (κ3) is 0.680. The highest BCUT2D eigenvalue weighted by Crippen LogP contribution is 2.26. The van der Waals surface area contributed by atoms with Gasteiger partial charge in [-0.3, -0.25) is 0 Å². The van der Waals surface area contributed by atoms with E-state index in [0.717, 1.165) is 6.42 Å². The Morgan fingerprint density at radius 3 is 2.00 bits per heavy atom. The van der Waals surface area contributed by atoms with E-state index in [1.165, 1.54) is 6.42 Å². The third-order valence-electron chi connectivity index (χ3n) is 1.16. The highest BCUT2D eigenvalue weighted by molar-refractivity contribution is 14.1. The van der Waals surface area contributed by atoms with Gasteiger partial charge in [0.1, 0.15) is 0 Å². The van der Waals surface area contributed by atoms with Crippen LogP contribution in [0.25, 0.3) is 0 Å².